The maximum Gasteiger partial charge on any atom is 0.273 e. The van der Waals surface area contributed by atoms with E-state index in [-0.39, 0.29) is 5.91 Å². The van der Waals surface area contributed by atoms with Gasteiger partial charge in [0, 0.05) is 39.1 Å². The van der Waals surface area contributed by atoms with Gasteiger partial charge in [0.15, 0.2) is 5.69 Å². The zero-order valence-electron chi connectivity index (χ0n) is 14.7. The number of amides is 1. The minimum Gasteiger partial charge on any atom is -0.343 e. The predicted octanol–water partition coefficient (Wildman–Crippen LogP) is 2.35. The van der Waals surface area contributed by atoms with Crippen LogP contribution in [0.2, 0.25) is 5.02 Å². The zero-order chi connectivity index (χ0) is 18.1. The van der Waals surface area contributed by atoms with Gasteiger partial charge in [-0.05, 0) is 32.2 Å². The minimum absolute atomic E-state index is 0.126. The Morgan fingerprint density at radius 2 is 2.04 bits per heavy atom. The maximum atomic E-state index is 12.5. The molecule has 132 valence electrons. The first-order valence-electron chi connectivity index (χ1n) is 7.92. The van der Waals surface area contributed by atoms with Crippen LogP contribution in [0.25, 0.3) is 5.65 Å². The standard InChI is InChI=1S/C17H21ClN6O/c1-11-7-13(21-20-11)9-23(4)10-14-16(17(25)22(2)3)19-15-6-5-12(18)8-24(14)15/h5-8H,9-10H2,1-4H3,(H,20,21). The molecular formula is C17H21ClN6O. The number of imidazole rings is 1. The Kier molecular flexibility index (Phi) is 4.78. The largest absolute Gasteiger partial charge is 0.343 e. The number of halogens is 1. The van der Waals surface area contributed by atoms with E-state index in [0.29, 0.717) is 29.5 Å². The average molecular weight is 361 g/mol. The number of rotatable bonds is 5. The number of H-pyrrole nitrogens is 1. The second-order valence-corrected chi connectivity index (χ2v) is 6.83. The third-order valence-electron chi connectivity index (χ3n) is 3.90. The lowest BCUT2D eigenvalue weighted by Gasteiger charge is -2.17. The Labute approximate surface area is 151 Å². The summed E-state index contributed by atoms with van der Waals surface area (Å²) in [5.74, 6) is -0.126. The van der Waals surface area contributed by atoms with Crippen molar-refractivity contribution in [2.24, 2.45) is 0 Å². The number of nitrogens with one attached hydrogen (secondary N) is 1. The minimum atomic E-state index is -0.126. The summed E-state index contributed by atoms with van der Waals surface area (Å²) >= 11 is 6.14. The van der Waals surface area contributed by atoms with E-state index in [0.717, 1.165) is 17.1 Å². The van der Waals surface area contributed by atoms with E-state index in [4.69, 9.17) is 11.6 Å². The second kappa shape index (κ2) is 6.85. The Hall–Kier alpha value is -2.38. The molecule has 0 saturated carbocycles. The van der Waals surface area contributed by atoms with Crippen molar-refractivity contribution in [2.75, 3.05) is 21.1 Å². The van der Waals surface area contributed by atoms with Crippen molar-refractivity contribution in [3.8, 4) is 0 Å². The first-order valence-corrected chi connectivity index (χ1v) is 8.30. The molecule has 1 N–H and O–H groups in total. The monoisotopic (exact) mass is 360 g/mol. The molecule has 0 aliphatic carbocycles. The fraction of sp³-hybridized carbons (Fsp3) is 0.353. The van der Waals surface area contributed by atoms with E-state index in [9.17, 15) is 4.79 Å². The van der Waals surface area contributed by atoms with Crippen molar-refractivity contribution >= 4 is 23.2 Å². The lowest BCUT2D eigenvalue weighted by atomic mass is 10.2. The molecule has 0 atom stereocenters. The number of fused-ring (bicyclic) bond motifs is 1. The molecule has 0 fully saturated rings. The summed E-state index contributed by atoms with van der Waals surface area (Å²) in [5.41, 5.74) is 3.93. The number of carbonyl (C=O) groups excluding carboxylic acids is 1. The number of pyridine rings is 1. The van der Waals surface area contributed by atoms with Crippen LogP contribution >= 0.6 is 11.6 Å². The fourth-order valence-corrected chi connectivity index (χ4v) is 2.91. The van der Waals surface area contributed by atoms with Gasteiger partial charge in [-0.25, -0.2) is 4.98 Å². The molecule has 7 nitrogen and oxygen atoms in total. The third kappa shape index (κ3) is 3.67. The van der Waals surface area contributed by atoms with Gasteiger partial charge in [0.2, 0.25) is 0 Å². The van der Waals surface area contributed by atoms with E-state index < -0.39 is 0 Å². The molecule has 25 heavy (non-hydrogen) atoms. The summed E-state index contributed by atoms with van der Waals surface area (Å²) in [6.07, 6.45) is 1.79. The molecule has 3 aromatic rings. The quantitative estimate of drug-likeness (QED) is 0.758. The van der Waals surface area contributed by atoms with Crippen LogP contribution in [0.5, 0.6) is 0 Å². The van der Waals surface area contributed by atoms with Gasteiger partial charge in [-0.1, -0.05) is 11.6 Å². The normalized spacial score (nSPS) is 11.4. The Balaban J connectivity index is 1.96. The predicted molar refractivity (Wildman–Crippen MR) is 96.7 cm³/mol. The molecule has 8 heteroatoms. The molecule has 3 rings (SSSR count). The molecule has 0 spiro atoms. The number of carbonyl (C=O) groups is 1. The van der Waals surface area contributed by atoms with Crippen molar-refractivity contribution in [1.82, 2.24) is 29.4 Å². The fourth-order valence-electron chi connectivity index (χ4n) is 2.75. The van der Waals surface area contributed by atoms with Gasteiger partial charge in [0.05, 0.1) is 16.4 Å². The molecule has 0 saturated heterocycles. The van der Waals surface area contributed by atoms with Crippen LogP contribution in [0.4, 0.5) is 0 Å². The van der Waals surface area contributed by atoms with Gasteiger partial charge < -0.3 is 9.30 Å². The first-order chi connectivity index (χ1) is 11.8. The highest BCUT2D eigenvalue weighted by atomic mass is 35.5. The maximum absolute atomic E-state index is 12.5. The second-order valence-electron chi connectivity index (χ2n) is 6.40. The molecule has 0 radical (unpaired) electrons. The van der Waals surface area contributed by atoms with Crippen LogP contribution in [0.15, 0.2) is 24.4 Å². The molecule has 0 aliphatic heterocycles. The highest BCUT2D eigenvalue weighted by Crippen LogP contribution is 2.19. The van der Waals surface area contributed by atoms with E-state index >= 15 is 0 Å². The summed E-state index contributed by atoms with van der Waals surface area (Å²) in [6.45, 7) is 3.17. The van der Waals surface area contributed by atoms with Gasteiger partial charge in [-0.15, -0.1) is 0 Å². The third-order valence-corrected chi connectivity index (χ3v) is 4.12. The molecule has 0 bridgehead atoms. The first kappa shape index (κ1) is 17.4. The van der Waals surface area contributed by atoms with Crippen LogP contribution in [-0.4, -0.2) is 56.4 Å². The topological polar surface area (TPSA) is 69.5 Å². The highest BCUT2D eigenvalue weighted by molar-refractivity contribution is 6.30. The van der Waals surface area contributed by atoms with Crippen molar-refractivity contribution in [1.29, 1.82) is 0 Å². The molecule has 3 heterocycles. The van der Waals surface area contributed by atoms with Crippen molar-refractivity contribution < 1.29 is 4.79 Å². The number of aromatic amines is 1. The van der Waals surface area contributed by atoms with Crippen LogP contribution in [0.1, 0.15) is 27.6 Å². The van der Waals surface area contributed by atoms with Crippen molar-refractivity contribution in [2.45, 2.75) is 20.0 Å². The Morgan fingerprint density at radius 1 is 1.28 bits per heavy atom. The van der Waals surface area contributed by atoms with Crippen LogP contribution < -0.4 is 0 Å². The number of aromatic nitrogens is 4. The molecular weight excluding hydrogens is 340 g/mol. The number of hydrogen-bond donors (Lipinski definition) is 1. The van der Waals surface area contributed by atoms with E-state index in [1.54, 1.807) is 26.4 Å². The van der Waals surface area contributed by atoms with E-state index in [2.05, 4.69) is 20.1 Å². The van der Waals surface area contributed by atoms with Crippen LogP contribution in [0.3, 0.4) is 0 Å². The van der Waals surface area contributed by atoms with Gasteiger partial charge in [-0.3, -0.25) is 14.8 Å². The Morgan fingerprint density at radius 3 is 2.68 bits per heavy atom. The van der Waals surface area contributed by atoms with Crippen LogP contribution in [-0.2, 0) is 13.1 Å². The van der Waals surface area contributed by atoms with Crippen molar-refractivity contribution in [3.05, 3.63) is 52.2 Å². The summed E-state index contributed by atoms with van der Waals surface area (Å²) in [6, 6.07) is 5.59. The zero-order valence-corrected chi connectivity index (χ0v) is 15.5. The van der Waals surface area contributed by atoms with Gasteiger partial charge >= 0.3 is 0 Å². The number of aryl methyl sites for hydroxylation is 1. The average Bonchev–Trinajstić information content (AvgIpc) is 3.10. The molecule has 0 unspecified atom stereocenters. The van der Waals surface area contributed by atoms with Gasteiger partial charge in [-0.2, -0.15) is 5.10 Å². The lowest BCUT2D eigenvalue weighted by molar-refractivity contribution is 0.0820. The number of hydrogen-bond acceptors (Lipinski definition) is 4. The lowest BCUT2D eigenvalue weighted by Crippen LogP contribution is -2.26. The number of nitrogens with zero attached hydrogens (tertiary/aromatic N) is 5. The molecule has 3 aromatic heterocycles. The van der Waals surface area contributed by atoms with E-state index in [1.165, 1.54) is 4.90 Å². The van der Waals surface area contributed by atoms with Crippen LogP contribution in [0, 0.1) is 6.92 Å². The summed E-state index contributed by atoms with van der Waals surface area (Å²) in [5, 5.41) is 7.80. The highest BCUT2D eigenvalue weighted by Gasteiger charge is 2.21. The summed E-state index contributed by atoms with van der Waals surface area (Å²) < 4.78 is 1.88. The molecule has 0 aromatic carbocycles. The van der Waals surface area contributed by atoms with Crippen molar-refractivity contribution in [3.63, 3.8) is 0 Å². The molecule has 0 aliphatic rings. The van der Waals surface area contributed by atoms with Gasteiger partial charge in [0.1, 0.15) is 5.65 Å². The smallest absolute Gasteiger partial charge is 0.273 e. The van der Waals surface area contributed by atoms with E-state index in [1.807, 2.05) is 30.5 Å². The SMILES string of the molecule is Cc1cc(CN(C)Cc2c(C(=O)N(C)C)nc3ccc(Cl)cn23)n[nH]1. The summed E-state index contributed by atoms with van der Waals surface area (Å²) in [4.78, 5) is 20.7. The summed E-state index contributed by atoms with van der Waals surface area (Å²) in [7, 11) is 5.43. The Bertz CT molecular complexity index is 913. The molecule has 1 amide bonds. The van der Waals surface area contributed by atoms with Gasteiger partial charge in [0.25, 0.3) is 5.91 Å².